The Labute approximate surface area is 113 Å². The number of hydrogen-bond donors (Lipinski definition) is 3. The van der Waals surface area contributed by atoms with E-state index in [4.69, 9.17) is 5.11 Å². The first kappa shape index (κ1) is 15.2. The number of hydrogen-bond acceptors (Lipinski definition) is 5. The van der Waals surface area contributed by atoms with Crippen LogP contribution < -0.4 is 10.6 Å². The van der Waals surface area contributed by atoms with Crippen LogP contribution in [0.3, 0.4) is 0 Å². The highest BCUT2D eigenvalue weighted by Crippen LogP contribution is 2.18. The average molecular weight is 266 g/mol. The van der Waals surface area contributed by atoms with Gasteiger partial charge in [-0.15, -0.1) is 0 Å². The SMILES string of the molecule is Cc1nc(NCC(C)(C)C(=O)O)cc(NC(C)C)n1. The maximum atomic E-state index is 11.0. The summed E-state index contributed by atoms with van der Waals surface area (Å²) >= 11 is 0. The van der Waals surface area contributed by atoms with Crippen LogP contribution in [0.4, 0.5) is 11.6 Å². The summed E-state index contributed by atoms with van der Waals surface area (Å²) in [7, 11) is 0. The fourth-order valence-corrected chi connectivity index (χ4v) is 1.42. The molecule has 0 atom stereocenters. The zero-order valence-electron chi connectivity index (χ0n) is 12.1. The Morgan fingerprint density at radius 1 is 1.37 bits per heavy atom. The van der Waals surface area contributed by atoms with Crippen LogP contribution in [-0.2, 0) is 4.79 Å². The molecule has 6 heteroatoms. The van der Waals surface area contributed by atoms with E-state index in [2.05, 4.69) is 20.6 Å². The molecule has 0 aromatic carbocycles. The number of carboxylic acids is 1. The molecule has 0 aliphatic heterocycles. The molecule has 0 saturated heterocycles. The van der Waals surface area contributed by atoms with Gasteiger partial charge in [0.15, 0.2) is 0 Å². The second-order valence-electron chi connectivity index (χ2n) is 5.53. The molecule has 0 aliphatic rings. The van der Waals surface area contributed by atoms with Crippen LogP contribution in [0, 0.1) is 12.3 Å². The normalized spacial score (nSPS) is 11.5. The van der Waals surface area contributed by atoms with Crippen molar-refractivity contribution in [1.82, 2.24) is 9.97 Å². The van der Waals surface area contributed by atoms with Crippen molar-refractivity contribution in [2.45, 2.75) is 40.7 Å². The Morgan fingerprint density at radius 3 is 2.47 bits per heavy atom. The Hall–Kier alpha value is -1.85. The topological polar surface area (TPSA) is 87.1 Å². The summed E-state index contributed by atoms with van der Waals surface area (Å²) < 4.78 is 0. The third-order valence-corrected chi connectivity index (χ3v) is 2.56. The van der Waals surface area contributed by atoms with Crippen LogP contribution in [0.25, 0.3) is 0 Å². The molecule has 3 N–H and O–H groups in total. The summed E-state index contributed by atoms with van der Waals surface area (Å²) in [4.78, 5) is 19.6. The molecule has 1 aromatic heterocycles. The smallest absolute Gasteiger partial charge is 0.310 e. The van der Waals surface area contributed by atoms with E-state index in [0.29, 0.717) is 18.2 Å². The number of carboxylic acid groups (broad SMARTS) is 1. The second-order valence-corrected chi connectivity index (χ2v) is 5.53. The molecule has 0 amide bonds. The fourth-order valence-electron chi connectivity index (χ4n) is 1.42. The van der Waals surface area contributed by atoms with Gasteiger partial charge in [0, 0.05) is 18.7 Å². The molecular formula is C13H22N4O2. The van der Waals surface area contributed by atoms with E-state index in [0.717, 1.165) is 5.82 Å². The van der Waals surface area contributed by atoms with Crippen molar-refractivity contribution < 1.29 is 9.90 Å². The van der Waals surface area contributed by atoms with Gasteiger partial charge in [-0.2, -0.15) is 0 Å². The maximum absolute atomic E-state index is 11.0. The van der Waals surface area contributed by atoms with Gasteiger partial charge in [-0.3, -0.25) is 4.79 Å². The zero-order valence-corrected chi connectivity index (χ0v) is 12.1. The quantitative estimate of drug-likeness (QED) is 0.731. The minimum absolute atomic E-state index is 0.276. The first-order valence-corrected chi connectivity index (χ1v) is 6.30. The van der Waals surface area contributed by atoms with E-state index < -0.39 is 11.4 Å². The number of aryl methyl sites for hydroxylation is 1. The molecule has 1 rings (SSSR count). The van der Waals surface area contributed by atoms with Gasteiger partial charge in [0.25, 0.3) is 0 Å². The predicted octanol–water partition coefficient (Wildman–Crippen LogP) is 2.13. The first-order valence-electron chi connectivity index (χ1n) is 6.30. The van der Waals surface area contributed by atoms with Gasteiger partial charge >= 0.3 is 5.97 Å². The predicted molar refractivity (Wildman–Crippen MR) is 75.4 cm³/mol. The van der Waals surface area contributed by atoms with E-state index in [1.165, 1.54) is 0 Å². The monoisotopic (exact) mass is 266 g/mol. The van der Waals surface area contributed by atoms with E-state index in [1.807, 2.05) is 13.8 Å². The molecular weight excluding hydrogens is 244 g/mol. The van der Waals surface area contributed by atoms with Gasteiger partial charge in [-0.05, 0) is 34.6 Å². The molecule has 0 radical (unpaired) electrons. The molecule has 0 bridgehead atoms. The highest BCUT2D eigenvalue weighted by molar-refractivity contribution is 5.74. The van der Waals surface area contributed by atoms with Crippen LogP contribution >= 0.6 is 0 Å². The molecule has 1 heterocycles. The number of nitrogens with zero attached hydrogens (tertiary/aromatic N) is 2. The van der Waals surface area contributed by atoms with E-state index >= 15 is 0 Å². The molecule has 0 spiro atoms. The van der Waals surface area contributed by atoms with Crippen LogP contribution in [0.2, 0.25) is 0 Å². The van der Waals surface area contributed by atoms with E-state index in [1.54, 1.807) is 26.8 Å². The number of aliphatic carboxylic acids is 1. The zero-order chi connectivity index (χ0) is 14.6. The summed E-state index contributed by atoms with van der Waals surface area (Å²) in [5.74, 6) is 1.16. The summed E-state index contributed by atoms with van der Waals surface area (Å²) in [6, 6.07) is 2.06. The summed E-state index contributed by atoms with van der Waals surface area (Å²) in [5, 5.41) is 15.3. The summed E-state index contributed by atoms with van der Waals surface area (Å²) in [6.45, 7) is 9.50. The second kappa shape index (κ2) is 5.86. The van der Waals surface area contributed by atoms with Crippen molar-refractivity contribution in [3.8, 4) is 0 Å². The Balaban J connectivity index is 2.79. The van der Waals surface area contributed by atoms with Crippen molar-refractivity contribution in [3.05, 3.63) is 11.9 Å². The van der Waals surface area contributed by atoms with Gasteiger partial charge in [-0.25, -0.2) is 9.97 Å². The van der Waals surface area contributed by atoms with E-state index in [-0.39, 0.29) is 6.04 Å². The minimum Gasteiger partial charge on any atom is -0.481 e. The number of nitrogens with one attached hydrogen (secondary N) is 2. The van der Waals surface area contributed by atoms with Crippen LogP contribution in [0.15, 0.2) is 6.07 Å². The molecule has 0 saturated carbocycles. The third-order valence-electron chi connectivity index (χ3n) is 2.56. The lowest BCUT2D eigenvalue weighted by atomic mass is 9.94. The lowest BCUT2D eigenvalue weighted by Gasteiger charge is -2.20. The number of carbonyl (C=O) groups is 1. The van der Waals surface area contributed by atoms with Crippen molar-refractivity contribution >= 4 is 17.6 Å². The third kappa shape index (κ3) is 4.73. The van der Waals surface area contributed by atoms with Crippen LogP contribution in [-0.4, -0.2) is 33.6 Å². The molecule has 106 valence electrons. The largest absolute Gasteiger partial charge is 0.481 e. The van der Waals surface area contributed by atoms with Gasteiger partial charge in [0.1, 0.15) is 17.5 Å². The Kier molecular flexibility index (Phi) is 4.69. The minimum atomic E-state index is -0.843. The maximum Gasteiger partial charge on any atom is 0.310 e. The number of aromatic nitrogens is 2. The number of rotatable bonds is 6. The average Bonchev–Trinajstić information content (AvgIpc) is 2.24. The van der Waals surface area contributed by atoms with Gasteiger partial charge in [0.05, 0.1) is 5.41 Å². The van der Waals surface area contributed by atoms with Gasteiger partial charge < -0.3 is 15.7 Å². The van der Waals surface area contributed by atoms with Crippen molar-refractivity contribution in [3.63, 3.8) is 0 Å². The standard InChI is InChI=1S/C13H22N4O2/c1-8(2)15-11-6-10(16-9(3)17-11)14-7-13(4,5)12(18)19/h6,8H,7H2,1-5H3,(H,18,19)(H2,14,15,16,17). The van der Waals surface area contributed by atoms with Crippen molar-refractivity contribution in [2.24, 2.45) is 5.41 Å². The highest BCUT2D eigenvalue weighted by Gasteiger charge is 2.26. The summed E-state index contributed by atoms with van der Waals surface area (Å²) in [6.07, 6.45) is 0. The molecule has 1 aromatic rings. The first-order chi connectivity index (χ1) is 8.70. The lowest BCUT2D eigenvalue weighted by Crippen LogP contribution is -2.32. The van der Waals surface area contributed by atoms with Gasteiger partial charge in [-0.1, -0.05) is 0 Å². The summed E-state index contributed by atoms with van der Waals surface area (Å²) in [5.41, 5.74) is -0.843. The van der Waals surface area contributed by atoms with E-state index in [9.17, 15) is 4.79 Å². The highest BCUT2D eigenvalue weighted by atomic mass is 16.4. The Bertz CT molecular complexity index is 458. The Morgan fingerprint density at radius 2 is 1.95 bits per heavy atom. The molecule has 6 nitrogen and oxygen atoms in total. The molecule has 0 aliphatic carbocycles. The molecule has 0 unspecified atom stereocenters. The van der Waals surface area contributed by atoms with Crippen LogP contribution in [0.5, 0.6) is 0 Å². The molecule has 0 fully saturated rings. The van der Waals surface area contributed by atoms with Crippen molar-refractivity contribution in [2.75, 3.05) is 17.2 Å². The van der Waals surface area contributed by atoms with Crippen LogP contribution in [0.1, 0.15) is 33.5 Å². The van der Waals surface area contributed by atoms with Crippen molar-refractivity contribution in [1.29, 1.82) is 0 Å². The lowest BCUT2D eigenvalue weighted by molar-refractivity contribution is -0.146. The number of anilines is 2. The molecule has 19 heavy (non-hydrogen) atoms. The fraction of sp³-hybridized carbons (Fsp3) is 0.615. The van der Waals surface area contributed by atoms with Gasteiger partial charge in [0.2, 0.25) is 0 Å².